The second kappa shape index (κ2) is 6.21. The lowest BCUT2D eigenvalue weighted by molar-refractivity contribution is -0.384. The summed E-state index contributed by atoms with van der Waals surface area (Å²) in [5.74, 6) is -0.875. The molecule has 1 N–H and O–H groups in total. The molecule has 0 spiro atoms. The Balaban J connectivity index is 2.38. The van der Waals surface area contributed by atoms with Gasteiger partial charge in [-0.05, 0) is 31.4 Å². The molecule has 6 nitrogen and oxygen atoms in total. The number of halogens is 1. The highest BCUT2D eigenvalue weighted by Crippen LogP contribution is 2.35. The van der Waals surface area contributed by atoms with Crippen LogP contribution in [0.15, 0.2) is 22.7 Å². The molecule has 1 aromatic rings. The van der Waals surface area contributed by atoms with Crippen molar-refractivity contribution in [3.63, 3.8) is 0 Å². The number of hydrogen-bond donors (Lipinski definition) is 1. The number of nitro benzene ring substituents is 1. The van der Waals surface area contributed by atoms with Crippen molar-refractivity contribution < 1.29 is 14.8 Å². The molecule has 0 aromatic heterocycles. The van der Waals surface area contributed by atoms with E-state index in [9.17, 15) is 14.9 Å². The molecule has 1 saturated heterocycles. The minimum absolute atomic E-state index is 0.00364. The van der Waals surface area contributed by atoms with E-state index < -0.39 is 10.9 Å². The highest BCUT2D eigenvalue weighted by molar-refractivity contribution is 9.10. The van der Waals surface area contributed by atoms with E-state index >= 15 is 0 Å². The van der Waals surface area contributed by atoms with Crippen molar-refractivity contribution in [1.82, 2.24) is 0 Å². The van der Waals surface area contributed by atoms with Crippen LogP contribution in [0, 0.1) is 10.1 Å². The number of piperidine rings is 1. The summed E-state index contributed by atoms with van der Waals surface area (Å²) in [5.41, 5.74) is 0.515. The minimum Gasteiger partial charge on any atom is -0.481 e. The van der Waals surface area contributed by atoms with Crippen LogP contribution in [0.5, 0.6) is 0 Å². The van der Waals surface area contributed by atoms with E-state index in [0.29, 0.717) is 12.2 Å². The average molecular weight is 343 g/mol. The summed E-state index contributed by atoms with van der Waals surface area (Å²) in [5, 5.41) is 20.1. The van der Waals surface area contributed by atoms with E-state index in [1.54, 1.807) is 12.1 Å². The van der Waals surface area contributed by atoms with Crippen LogP contribution in [-0.2, 0) is 4.79 Å². The van der Waals surface area contributed by atoms with E-state index in [0.717, 1.165) is 23.7 Å². The Morgan fingerprint density at radius 2 is 2.25 bits per heavy atom. The molecule has 108 valence electrons. The van der Waals surface area contributed by atoms with E-state index in [-0.39, 0.29) is 18.2 Å². The van der Waals surface area contributed by atoms with Gasteiger partial charge in [0.1, 0.15) is 5.69 Å². The summed E-state index contributed by atoms with van der Waals surface area (Å²) in [6.45, 7) is 0.648. The van der Waals surface area contributed by atoms with Crippen LogP contribution in [0.1, 0.15) is 25.7 Å². The van der Waals surface area contributed by atoms with Gasteiger partial charge < -0.3 is 10.0 Å². The third-order valence-electron chi connectivity index (χ3n) is 3.48. The van der Waals surface area contributed by atoms with Crippen LogP contribution in [0.2, 0.25) is 0 Å². The maximum atomic E-state index is 11.2. The number of carboxylic acid groups (broad SMARTS) is 1. The standard InChI is InChI=1S/C13H15BrN2O4/c14-9-4-5-11(16(19)20)12(7-9)15-6-2-1-3-10(15)8-13(17)18/h4-5,7,10H,1-3,6,8H2,(H,17,18). The summed E-state index contributed by atoms with van der Waals surface area (Å²) >= 11 is 3.32. The number of anilines is 1. The molecule has 1 fully saturated rings. The van der Waals surface area contributed by atoms with Gasteiger partial charge in [-0.2, -0.15) is 0 Å². The lowest BCUT2D eigenvalue weighted by Crippen LogP contribution is -2.41. The second-order valence-electron chi connectivity index (χ2n) is 4.83. The molecule has 1 aromatic carbocycles. The van der Waals surface area contributed by atoms with E-state index in [4.69, 9.17) is 5.11 Å². The summed E-state index contributed by atoms with van der Waals surface area (Å²) in [6.07, 6.45) is 2.62. The van der Waals surface area contributed by atoms with E-state index in [1.165, 1.54) is 6.07 Å². The second-order valence-corrected chi connectivity index (χ2v) is 5.75. The number of aliphatic carboxylic acids is 1. The van der Waals surface area contributed by atoms with Gasteiger partial charge in [-0.25, -0.2) is 0 Å². The molecule has 1 unspecified atom stereocenters. The molecule has 7 heteroatoms. The molecular weight excluding hydrogens is 328 g/mol. The fourth-order valence-corrected chi connectivity index (χ4v) is 2.96. The fraction of sp³-hybridized carbons (Fsp3) is 0.462. The minimum atomic E-state index is -0.875. The van der Waals surface area contributed by atoms with Gasteiger partial charge in [-0.15, -0.1) is 0 Å². The first-order chi connectivity index (χ1) is 9.49. The van der Waals surface area contributed by atoms with E-state index in [2.05, 4.69) is 15.9 Å². The van der Waals surface area contributed by atoms with Gasteiger partial charge in [-0.3, -0.25) is 14.9 Å². The predicted octanol–water partition coefficient (Wildman–Crippen LogP) is 3.19. The molecule has 20 heavy (non-hydrogen) atoms. The van der Waals surface area contributed by atoms with Crippen LogP contribution in [0.4, 0.5) is 11.4 Å². The molecule has 1 aliphatic rings. The van der Waals surface area contributed by atoms with Gasteiger partial charge in [0, 0.05) is 23.1 Å². The zero-order chi connectivity index (χ0) is 14.7. The van der Waals surface area contributed by atoms with Gasteiger partial charge in [-0.1, -0.05) is 15.9 Å². The molecule has 0 aliphatic carbocycles. The highest BCUT2D eigenvalue weighted by atomic mass is 79.9. The van der Waals surface area contributed by atoms with Crippen molar-refractivity contribution in [2.75, 3.05) is 11.4 Å². The van der Waals surface area contributed by atoms with Crippen molar-refractivity contribution in [3.8, 4) is 0 Å². The summed E-state index contributed by atoms with van der Waals surface area (Å²) in [6, 6.07) is 4.58. The molecule has 0 bridgehead atoms. The average Bonchev–Trinajstić information content (AvgIpc) is 2.38. The first-order valence-electron chi connectivity index (χ1n) is 6.41. The van der Waals surface area contributed by atoms with Crippen molar-refractivity contribution in [1.29, 1.82) is 0 Å². The highest BCUT2D eigenvalue weighted by Gasteiger charge is 2.29. The van der Waals surface area contributed by atoms with Crippen molar-refractivity contribution in [3.05, 3.63) is 32.8 Å². The first-order valence-corrected chi connectivity index (χ1v) is 7.20. The number of nitro groups is 1. The number of rotatable bonds is 4. The Hall–Kier alpha value is -1.63. The Morgan fingerprint density at radius 1 is 1.50 bits per heavy atom. The molecule has 0 saturated carbocycles. The van der Waals surface area contributed by atoms with Crippen LogP contribution >= 0.6 is 15.9 Å². The predicted molar refractivity (Wildman–Crippen MR) is 78.0 cm³/mol. The number of benzene rings is 1. The molecule has 1 atom stereocenters. The van der Waals surface area contributed by atoms with Crippen molar-refractivity contribution >= 4 is 33.3 Å². The van der Waals surface area contributed by atoms with Gasteiger partial charge in [0.25, 0.3) is 5.69 Å². The number of carbonyl (C=O) groups is 1. The monoisotopic (exact) mass is 342 g/mol. The summed E-state index contributed by atoms with van der Waals surface area (Å²) < 4.78 is 0.748. The largest absolute Gasteiger partial charge is 0.481 e. The maximum absolute atomic E-state index is 11.2. The van der Waals surface area contributed by atoms with Crippen LogP contribution in [0.3, 0.4) is 0 Å². The third kappa shape index (κ3) is 3.27. The summed E-state index contributed by atoms with van der Waals surface area (Å²) in [7, 11) is 0. The van der Waals surface area contributed by atoms with Crippen molar-refractivity contribution in [2.45, 2.75) is 31.7 Å². The fourth-order valence-electron chi connectivity index (χ4n) is 2.61. The number of nitrogens with zero attached hydrogens (tertiary/aromatic N) is 2. The van der Waals surface area contributed by atoms with Gasteiger partial charge in [0.05, 0.1) is 11.3 Å². The maximum Gasteiger partial charge on any atom is 0.305 e. The number of carboxylic acids is 1. The van der Waals surface area contributed by atoms with Crippen LogP contribution in [0.25, 0.3) is 0 Å². The smallest absolute Gasteiger partial charge is 0.305 e. The van der Waals surface area contributed by atoms with E-state index in [1.807, 2.05) is 4.90 Å². The van der Waals surface area contributed by atoms with Gasteiger partial charge in [0.2, 0.25) is 0 Å². The van der Waals surface area contributed by atoms with Crippen molar-refractivity contribution in [2.24, 2.45) is 0 Å². The molecule has 2 rings (SSSR count). The van der Waals surface area contributed by atoms with Crippen LogP contribution < -0.4 is 4.90 Å². The Morgan fingerprint density at radius 3 is 2.90 bits per heavy atom. The molecule has 1 aliphatic heterocycles. The zero-order valence-corrected chi connectivity index (χ0v) is 12.4. The quantitative estimate of drug-likeness (QED) is 0.670. The normalized spacial score (nSPS) is 18.9. The third-order valence-corrected chi connectivity index (χ3v) is 3.97. The number of hydrogen-bond acceptors (Lipinski definition) is 4. The van der Waals surface area contributed by atoms with Gasteiger partial charge >= 0.3 is 5.97 Å². The SMILES string of the molecule is O=C(O)CC1CCCCN1c1cc(Br)ccc1[N+](=O)[O-]. The Labute approximate surface area is 124 Å². The topological polar surface area (TPSA) is 83.7 Å². The Kier molecular flexibility index (Phi) is 4.59. The lowest BCUT2D eigenvalue weighted by atomic mass is 9.98. The zero-order valence-electron chi connectivity index (χ0n) is 10.8. The van der Waals surface area contributed by atoms with Crippen LogP contribution in [-0.4, -0.2) is 28.6 Å². The molecule has 1 heterocycles. The first kappa shape index (κ1) is 14.8. The lowest BCUT2D eigenvalue weighted by Gasteiger charge is -2.36. The molecule has 0 radical (unpaired) electrons. The van der Waals surface area contributed by atoms with Gasteiger partial charge in [0.15, 0.2) is 0 Å². The Bertz CT molecular complexity index is 535. The summed E-state index contributed by atoms with van der Waals surface area (Å²) in [4.78, 5) is 23.6. The molecule has 0 amide bonds. The molecular formula is C13H15BrN2O4.